The molecule has 0 spiro atoms. The number of benzene rings is 1. The Hall–Kier alpha value is -0.300. The fourth-order valence-electron chi connectivity index (χ4n) is 1.48. The van der Waals surface area contributed by atoms with Gasteiger partial charge < -0.3 is 0 Å². The summed E-state index contributed by atoms with van der Waals surface area (Å²) in [7, 11) is 0. The van der Waals surface area contributed by atoms with Gasteiger partial charge in [0, 0.05) is 5.33 Å². The molecule has 0 fully saturated rings. The Balaban J connectivity index is 2.72. The van der Waals surface area contributed by atoms with Crippen LogP contribution >= 0.6 is 15.9 Å². The Kier molecular flexibility index (Phi) is 3.80. The molecule has 0 aromatic heterocycles. The number of hydrogen-bond acceptors (Lipinski definition) is 0. The van der Waals surface area contributed by atoms with Crippen LogP contribution in [0, 0.1) is 13.8 Å². The Labute approximate surface area is 83.1 Å². The lowest BCUT2D eigenvalue weighted by Gasteiger charge is -2.03. The van der Waals surface area contributed by atoms with Gasteiger partial charge in [-0.1, -0.05) is 45.3 Å². The fraction of sp³-hybridized carbons (Fsp3) is 0.455. The molecule has 0 nitrogen and oxygen atoms in total. The Morgan fingerprint density at radius 1 is 1.08 bits per heavy atom. The summed E-state index contributed by atoms with van der Waals surface area (Å²) in [5.74, 6) is 0. The SMILES string of the molecule is Cc1cc(C)cc(CCCBr)c1. The maximum absolute atomic E-state index is 3.44. The summed E-state index contributed by atoms with van der Waals surface area (Å²) < 4.78 is 0. The highest BCUT2D eigenvalue weighted by Crippen LogP contribution is 2.11. The summed E-state index contributed by atoms with van der Waals surface area (Å²) in [6.07, 6.45) is 2.41. The molecule has 0 atom stereocenters. The molecule has 0 radical (unpaired) electrons. The number of rotatable bonds is 3. The molecule has 1 heteroatoms. The van der Waals surface area contributed by atoms with Crippen LogP contribution < -0.4 is 0 Å². The van der Waals surface area contributed by atoms with Crippen LogP contribution in [-0.4, -0.2) is 5.33 Å². The van der Waals surface area contributed by atoms with Crippen molar-refractivity contribution >= 4 is 15.9 Å². The van der Waals surface area contributed by atoms with Gasteiger partial charge in [-0.25, -0.2) is 0 Å². The number of hydrogen-bond donors (Lipinski definition) is 0. The third-order valence-electron chi connectivity index (χ3n) is 1.88. The molecule has 12 heavy (non-hydrogen) atoms. The maximum atomic E-state index is 3.44. The predicted octanol–water partition coefficient (Wildman–Crippen LogP) is 3.63. The van der Waals surface area contributed by atoms with Crippen LogP contribution in [0.5, 0.6) is 0 Å². The van der Waals surface area contributed by atoms with Gasteiger partial charge in [-0.05, 0) is 32.3 Å². The summed E-state index contributed by atoms with van der Waals surface area (Å²) in [4.78, 5) is 0. The molecule has 0 aliphatic heterocycles. The van der Waals surface area contributed by atoms with E-state index >= 15 is 0 Å². The molecule has 1 rings (SSSR count). The molecule has 0 aliphatic rings. The quantitative estimate of drug-likeness (QED) is 0.691. The van der Waals surface area contributed by atoms with Gasteiger partial charge in [-0.3, -0.25) is 0 Å². The van der Waals surface area contributed by atoms with Crippen molar-refractivity contribution in [2.24, 2.45) is 0 Å². The third-order valence-corrected chi connectivity index (χ3v) is 2.44. The van der Waals surface area contributed by atoms with E-state index in [0.29, 0.717) is 0 Å². The highest BCUT2D eigenvalue weighted by atomic mass is 79.9. The van der Waals surface area contributed by atoms with Crippen LogP contribution in [0.2, 0.25) is 0 Å². The molecule has 0 saturated heterocycles. The van der Waals surface area contributed by atoms with E-state index in [4.69, 9.17) is 0 Å². The first-order valence-electron chi connectivity index (χ1n) is 4.35. The summed E-state index contributed by atoms with van der Waals surface area (Å²) in [5, 5.41) is 1.10. The van der Waals surface area contributed by atoms with Crippen molar-refractivity contribution in [2.75, 3.05) is 5.33 Å². The average Bonchev–Trinajstić information content (AvgIpc) is 1.99. The Morgan fingerprint density at radius 3 is 2.17 bits per heavy atom. The van der Waals surface area contributed by atoms with Gasteiger partial charge in [-0.15, -0.1) is 0 Å². The summed E-state index contributed by atoms with van der Waals surface area (Å²) >= 11 is 3.44. The van der Waals surface area contributed by atoms with Crippen molar-refractivity contribution in [1.29, 1.82) is 0 Å². The second-order valence-electron chi connectivity index (χ2n) is 3.29. The first-order chi connectivity index (χ1) is 5.72. The van der Waals surface area contributed by atoms with Gasteiger partial charge in [0.05, 0.1) is 0 Å². The van der Waals surface area contributed by atoms with E-state index in [0.717, 1.165) is 5.33 Å². The maximum Gasteiger partial charge on any atom is 0.00344 e. The second kappa shape index (κ2) is 4.66. The lowest BCUT2D eigenvalue weighted by atomic mass is 10.0. The lowest BCUT2D eigenvalue weighted by Crippen LogP contribution is -1.88. The number of halogens is 1. The Morgan fingerprint density at radius 2 is 1.67 bits per heavy atom. The van der Waals surface area contributed by atoms with E-state index in [-0.39, 0.29) is 0 Å². The molecule has 1 aromatic rings. The lowest BCUT2D eigenvalue weighted by molar-refractivity contribution is 0.935. The van der Waals surface area contributed by atoms with Gasteiger partial charge in [0.1, 0.15) is 0 Å². The third kappa shape index (κ3) is 2.98. The highest BCUT2D eigenvalue weighted by Gasteiger charge is 1.94. The molecule has 0 amide bonds. The molecule has 66 valence electrons. The minimum absolute atomic E-state index is 1.10. The van der Waals surface area contributed by atoms with Gasteiger partial charge in [0.15, 0.2) is 0 Å². The summed E-state index contributed by atoms with van der Waals surface area (Å²) in [6.45, 7) is 4.31. The first kappa shape index (κ1) is 9.79. The molecule has 1 aromatic carbocycles. The average molecular weight is 227 g/mol. The number of alkyl halides is 1. The Bertz CT molecular complexity index is 233. The van der Waals surface area contributed by atoms with Crippen molar-refractivity contribution in [3.05, 3.63) is 34.9 Å². The van der Waals surface area contributed by atoms with Crippen molar-refractivity contribution in [3.8, 4) is 0 Å². The largest absolute Gasteiger partial charge is 0.0928 e. The molecule has 0 heterocycles. The molecule has 0 N–H and O–H groups in total. The van der Waals surface area contributed by atoms with Crippen molar-refractivity contribution < 1.29 is 0 Å². The van der Waals surface area contributed by atoms with Crippen LogP contribution in [0.1, 0.15) is 23.1 Å². The smallest absolute Gasteiger partial charge is 0.00344 e. The van der Waals surface area contributed by atoms with Gasteiger partial charge in [0.25, 0.3) is 0 Å². The summed E-state index contributed by atoms with van der Waals surface area (Å²) in [5.41, 5.74) is 4.21. The minimum atomic E-state index is 1.10. The molecule has 0 aliphatic carbocycles. The van der Waals surface area contributed by atoms with E-state index in [1.165, 1.54) is 29.5 Å². The molecule has 0 saturated carbocycles. The molecule has 0 unspecified atom stereocenters. The van der Waals surface area contributed by atoms with Gasteiger partial charge in [0.2, 0.25) is 0 Å². The zero-order valence-electron chi connectivity index (χ0n) is 7.73. The van der Waals surface area contributed by atoms with Crippen molar-refractivity contribution in [3.63, 3.8) is 0 Å². The van der Waals surface area contributed by atoms with E-state index in [1.807, 2.05) is 0 Å². The standard InChI is InChI=1S/C11H15Br/c1-9-6-10(2)8-11(7-9)4-3-5-12/h6-8H,3-5H2,1-2H3. The predicted molar refractivity (Wildman–Crippen MR) is 58.0 cm³/mol. The van der Waals surface area contributed by atoms with Gasteiger partial charge >= 0.3 is 0 Å². The topological polar surface area (TPSA) is 0 Å². The normalized spacial score (nSPS) is 10.2. The van der Waals surface area contributed by atoms with Crippen molar-refractivity contribution in [2.45, 2.75) is 26.7 Å². The second-order valence-corrected chi connectivity index (χ2v) is 4.08. The van der Waals surface area contributed by atoms with Crippen LogP contribution in [0.4, 0.5) is 0 Å². The molecular formula is C11H15Br. The van der Waals surface area contributed by atoms with E-state index in [2.05, 4.69) is 48.0 Å². The zero-order valence-corrected chi connectivity index (χ0v) is 9.32. The van der Waals surface area contributed by atoms with E-state index in [9.17, 15) is 0 Å². The van der Waals surface area contributed by atoms with Crippen molar-refractivity contribution in [1.82, 2.24) is 0 Å². The fourth-order valence-corrected chi connectivity index (χ4v) is 1.76. The highest BCUT2D eigenvalue weighted by molar-refractivity contribution is 9.09. The summed E-state index contributed by atoms with van der Waals surface area (Å²) in [6, 6.07) is 6.77. The number of aryl methyl sites for hydroxylation is 3. The van der Waals surface area contributed by atoms with Crippen LogP contribution in [-0.2, 0) is 6.42 Å². The monoisotopic (exact) mass is 226 g/mol. The first-order valence-corrected chi connectivity index (χ1v) is 5.47. The van der Waals surface area contributed by atoms with Crippen LogP contribution in [0.25, 0.3) is 0 Å². The molecular weight excluding hydrogens is 212 g/mol. The zero-order chi connectivity index (χ0) is 8.97. The van der Waals surface area contributed by atoms with E-state index in [1.54, 1.807) is 0 Å². The van der Waals surface area contributed by atoms with Crippen LogP contribution in [0.15, 0.2) is 18.2 Å². The van der Waals surface area contributed by atoms with Crippen LogP contribution in [0.3, 0.4) is 0 Å². The minimum Gasteiger partial charge on any atom is -0.0928 e. The van der Waals surface area contributed by atoms with Gasteiger partial charge in [-0.2, -0.15) is 0 Å². The molecule has 0 bridgehead atoms. The van der Waals surface area contributed by atoms with E-state index < -0.39 is 0 Å².